The minimum atomic E-state index is 0.841. The zero-order valence-corrected chi connectivity index (χ0v) is 13.3. The van der Waals surface area contributed by atoms with Gasteiger partial charge in [-0.3, -0.25) is 0 Å². The summed E-state index contributed by atoms with van der Waals surface area (Å²) < 4.78 is 0. The van der Waals surface area contributed by atoms with Crippen LogP contribution in [-0.4, -0.2) is 25.1 Å². The summed E-state index contributed by atoms with van der Waals surface area (Å²) in [7, 11) is 2.01. The molecule has 1 saturated heterocycles. The number of pyridine rings is 1. The van der Waals surface area contributed by atoms with Crippen LogP contribution < -0.4 is 10.2 Å². The van der Waals surface area contributed by atoms with Crippen LogP contribution in [0.5, 0.6) is 0 Å². The lowest BCUT2D eigenvalue weighted by Gasteiger charge is -2.33. The summed E-state index contributed by atoms with van der Waals surface area (Å²) >= 11 is 0. The van der Waals surface area contributed by atoms with Gasteiger partial charge in [-0.25, -0.2) is 4.98 Å². The molecular weight excluding hydrogens is 246 g/mol. The van der Waals surface area contributed by atoms with E-state index in [9.17, 15) is 0 Å². The Morgan fingerprint density at radius 3 is 2.90 bits per heavy atom. The van der Waals surface area contributed by atoms with E-state index in [1.165, 1.54) is 42.9 Å². The maximum Gasteiger partial charge on any atom is 0.129 e. The van der Waals surface area contributed by atoms with Gasteiger partial charge in [0.1, 0.15) is 5.82 Å². The lowest BCUT2D eigenvalue weighted by atomic mass is 9.95. The second kappa shape index (κ2) is 7.63. The zero-order valence-electron chi connectivity index (χ0n) is 13.3. The molecule has 3 heteroatoms. The number of anilines is 1. The molecule has 3 nitrogen and oxygen atoms in total. The van der Waals surface area contributed by atoms with E-state index in [4.69, 9.17) is 4.98 Å². The summed E-state index contributed by atoms with van der Waals surface area (Å²) in [6, 6.07) is 4.53. The molecule has 1 fully saturated rings. The largest absolute Gasteiger partial charge is 0.356 e. The van der Waals surface area contributed by atoms with Gasteiger partial charge in [-0.2, -0.15) is 0 Å². The van der Waals surface area contributed by atoms with Gasteiger partial charge in [-0.05, 0) is 49.9 Å². The maximum atomic E-state index is 4.90. The summed E-state index contributed by atoms with van der Waals surface area (Å²) in [6.45, 7) is 7.80. The van der Waals surface area contributed by atoms with Crippen LogP contribution in [0.25, 0.3) is 0 Å². The van der Waals surface area contributed by atoms with Crippen molar-refractivity contribution in [3.63, 3.8) is 0 Å². The highest BCUT2D eigenvalue weighted by Crippen LogP contribution is 2.25. The molecular formula is C17H29N3. The average Bonchev–Trinajstić information content (AvgIpc) is 2.48. The first kappa shape index (κ1) is 15.3. The number of nitrogens with zero attached hydrogens (tertiary/aromatic N) is 2. The van der Waals surface area contributed by atoms with Gasteiger partial charge < -0.3 is 10.2 Å². The van der Waals surface area contributed by atoms with Gasteiger partial charge in [0, 0.05) is 25.3 Å². The second-order valence-corrected chi connectivity index (χ2v) is 5.97. The first-order valence-corrected chi connectivity index (χ1v) is 8.16. The third-order valence-corrected chi connectivity index (χ3v) is 4.23. The van der Waals surface area contributed by atoms with E-state index in [-0.39, 0.29) is 0 Å². The molecule has 0 radical (unpaired) electrons. The van der Waals surface area contributed by atoms with Gasteiger partial charge in [0.05, 0.1) is 0 Å². The van der Waals surface area contributed by atoms with Crippen LogP contribution in [0.3, 0.4) is 0 Å². The van der Waals surface area contributed by atoms with Crippen molar-refractivity contribution < 1.29 is 0 Å². The van der Waals surface area contributed by atoms with Crippen LogP contribution in [0.1, 0.15) is 50.8 Å². The minimum Gasteiger partial charge on any atom is -0.356 e. The van der Waals surface area contributed by atoms with E-state index in [0.717, 1.165) is 31.8 Å². The predicted octanol–water partition coefficient (Wildman–Crippen LogP) is 3.38. The van der Waals surface area contributed by atoms with Crippen LogP contribution in [0.15, 0.2) is 12.1 Å². The molecule has 0 aliphatic carbocycles. The summed E-state index contributed by atoms with van der Waals surface area (Å²) in [5.74, 6) is 2.03. The van der Waals surface area contributed by atoms with Crippen molar-refractivity contribution in [2.45, 2.75) is 52.5 Å². The minimum absolute atomic E-state index is 0.841. The van der Waals surface area contributed by atoms with Crippen molar-refractivity contribution in [1.29, 1.82) is 0 Å². The van der Waals surface area contributed by atoms with Gasteiger partial charge in [-0.15, -0.1) is 0 Å². The van der Waals surface area contributed by atoms with Crippen molar-refractivity contribution in [3.8, 4) is 0 Å². The second-order valence-electron chi connectivity index (χ2n) is 5.97. The van der Waals surface area contributed by atoms with Gasteiger partial charge in [0.15, 0.2) is 0 Å². The number of nitrogens with one attached hydrogen (secondary N) is 1. The van der Waals surface area contributed by atoms with Crippen LogP contribution in [0.4, 0.5) is 5.82 Å². The Balaban J connectivity index is 2.19. The first-order valence-electron chi connectivity index (χ1n) is 8.16. The number of rotatable bonds is 6. The van der Waals surface area contributed by atoms with Crippen molar-refractivity contribution in [1.82, 2.24) is 10.3 Å². The Hall–Kier alpha value is -1.09. The number of piperidine rings is 1. The molecule has 0 saturated carbocycles. The molecule has 1 aliphatic rings. The molecule has 2 rings (SSSR count). The molecule has 0 amide bonds. The summed E-state index contributed by atoms with van der Waals surface area (Å²) in [5, 5.41) is 3.26. The van der Waals surface area contributed by atoms with Crippen LogP contribution in [0.2, 0.25) is 0 Å². The van der Waals surface area contributed by atoms with Crippen LogP contribution in [0, 0.1) is 5.92 Å². The highest BCUT2D eigenvalue weighted by Gasteiger charge is 2.20. The monoisotopic (exact) mass is 275 g/mol. The SMILES string of the molecule is CCCc1cc(CNC)cc(N2CCCC(CC)C2)n1. The molecule has 2 heterocycles. The average molecular weight is 275 g/mol. The molecule has 1 atom stereocenters. The molecule has 1 aliphatic heterocycles. The highest BCUT2D eigenvalue weighted by molar-refractivity contribution is 5.43. The van der Waals surface area contributed by atoms with Crippen molar-refractivity contribution in [3.05, 3.63) is 23.4 Å². The summed E-state index contributed by atoms with van der Waals surface area (Å²) in [4.78, 5) is 7.39. The summed E-state index contributed by atoms with van der Waals surface area (Å²) in [6.07, 6.45) is 6.21. The molecule has 1 aromatic rings. The molecule has 0 bridgehead atoms. The molecule has 1 unspecified atom stereocenters. The van der Waals surface area contributed by atoms with Crippen LogP contribution in [-0.2, 0) is 13.0 Å². The van der Waals surface area contributed by atoms with E-state index in [0.29, 0.717) is 0 Å². The maximum absolute atomic E-state index is 4.90. The number of hydrogen-bond donors (Lipinski definition) is 1. The van der Waals surface area contributed by atoms with E-state index >= 15 is 0 Å². The highest BCUT2D eigenvalue weighted by atomic mass is 15.2. The van der Waals surface area contributed by atoms with Gasteiger partial charge in [0.2, 0.25) is 0 Å². The standard InChI is InChI=1S/C17H29N3/c1-4-7-16-10-15(12-18-3)11-17(19-16)20-9-6-8-14(5-2)13-20/h10-11,14,18H,4-9,12-13H2,1-3H3. The number of aromatic nitrogens is 1. The van der Waals surface area contributed by atoms with E-state index in [1.807, 2.05) is 7.05 Å². The topological polar surface area (TPSA) is 28.2 Å². The lowest BCUT2D eigenvalue weighted by Crippen LogP contribution is -2.36. The molecule has 20 heavy (non-hydrogen) atoms. The third kappa shape index (κ3) is 3.95. The van der Waals surface area contributed by atoms with Crippen molar-refractivity contribution in [2.24, 2.45) is 5.92 Å². The quantitative estimate of drug-likeness (QED) is 0.862. The van der Waals surface area contributed by atoms with Crippen molar-refractivity contribution >= 4 is 5.82 Å². The Morgan fingerprint density at radius 2 is 2.20 bits per heavy atom. The van der Waals surface area contributed by atoms with Gasteiger partial charge >= 0.3 is 0 Å². The molecule has 1 N–H and O–H groups in total. The molecule has 0 spiro atoms. The Bertz CT molecular complexity index is 392. The van der Waals surface area contributed by atoms with E-state index in [1.54, 1.807) is 0 Å². The lowest BCUT2D eigenvalue weighted by molar-refractivity contribution is 0.403. The first-order chi connectivity index (χ1) is 9.76. The molecule has 1 aromatic heterocycles. The normalized spacial score (nSPS) is 19.4. The van der Waals surface area contributed by atoms with E-state index in [2.05, 4.69) is 36.2 Å². The van der Waals surface area contributed by atoms with E-state index < -0.39 is 0 Å². The Kier molecular flexibility index (Phi) is 5.84. The fourth-order valence-corrected chi connectivity index (χ4v) is 3.09. The Morgan fingerprint density at radius 1 is 1.35 bits per heavy atom. The third-order valence-electron chi connectivity index (χ3n) is 4.23. The smallest absolute Gasteiger partial charge is 0.129 e. The summed E-state index contributed by atoms with van der Waals surface area (Å²) in [5.41, 5.74) is 2.61. The fraction of sp³-hybridized carbons (Fsp3) is 0.706. The molecule has 0 aromatic carbocycles. The van der Waals surface area contributed by atoms with Crippen molar-refractivity contribution in [2.75, 3.05) is 25.0 Å². The predicted molar refractivity (Wildman–Crippen MR) is 86.2 cm³/mol. The fourth-order valence-electron chi connectivity index (χ4n) is 3.09. The van der Waals surface area contributed by atoms with Gasteiger partial charge in [-0.1, -0.05) is 26.7 Å². The number of aryl methyl sites for hydroxylation is 1. The number of hydrogen-bond acceptors (Lipinski definition) is 3. The van der Waals surface area contributed by atoms with Gasteiger partial charge in [0.25, 0.3) is 0 Å². The zero-order chi connectivity index (χ0) is 14.4. The Labute approximate surface area is 123 Å². The van der Waals surface area contributed by atoms with Crippen LogP contribution >= 0.6 is 0 Å². The molecule has 112 valence electrons.